The highest BCUT2D eigenvalue weighted by Gasteiger charge is 2.20. The lowest BCUT2D eigenvalue weighted by Crippen LogP contribution is -2.23. The van der Waals surface area contributed by atoms with Gasteiger partial charge in [0, 0.05) is 5.56 Å². The predicted molar refractivity (Wildman–Crippen MR) is 142 cm³/mol. The Balaban J connectivity index is 1.50. The molecular weight excluding hydrogens is 482 g/mol. The van der Waals surface area contributed by atoms with Gasteiger partial charge in [-0.15, -0.1) is 0 Å². The summed E-state index contributed by atoms with van der Waals surface area (Å²) in [7, 11) is -4.00. The van der Waals surface area contributed by atoms with Crippen molar-refractivity contribution in [1.29, 1.82) is 0 Å². The third-order valence-electron chi connectivity index (χ3n) is 5.85. The first-order chi connectivity index (χ1) is 16.9. The van der Waals surface area contributed by atoms with E-state index in [1.165, 1.54) is 36.1 Å². The molecule has 1 aliphatic carbocycles. The van der Waals surface area contributed by atoms with Gasteiger partial charge in [-0.3, -0.25) is 9.71 Å². The van der Waals surface area contributed by atoms with E-state index in [4.69, 9.17) is 16.3 Å². The molecule has 0 heterocycles. The minimum absolute atomic E-state index is 0.0435. The molecule has 0 saturated carbocycles. The molecule has 0 spiro atoms. The Morgan fingerprint density at radius 1 is 0.943 bits per heavy atom. The van der Waals surface area contributed by atoms with Gasteiger partial charge in [0.1, 0.15) is 22.9 Å². The third-order valence-corrected chi connectivity index (χ3v) is 7.69. The van der Waals surface area contributed by atoms with Gasteiger partial charge in [0.15, 0.2) is 5.82 Å². The molecule has 35 heavy (non-hydrogen) atoms. The maximum atomic E-state index is 12.8. The Morgan fingerprint density at radius 2 is 1.66 bits per heavy atom. The van der Waals surface area contributed by atoms with Gasteiger partial charge < -0.3 is 4.74 Å². The number of hydrogen-bond donors (Lipinski definition) is 1. The van der Waals surface area contributed by atoms with Gasteiger partial charge in [0.2, 0.25) is 0 Å². The van der Waals surface area contributed by atoms with E-state index in [0.29, 0.717) is 12.2 Å². The molecule has 4 rings (SSSR count). The van der Waals surface area contributed by atoms with Crippen LogP contribution >= 0.6 is 11.6 Å². The van der Waals surface area contributed by atoms with Gasteiger partial charge in [-0.25, -0.2) is 13.4 Å². The number of ether oxygens (including phenoxy) is 1. The summed E-state index contributed by atoms with van der Waals surface area (Å²) in [5.74, 6) is 0.813. The molecule has 1 N–H and O–H groups in total. The lowest BCUT2D eigenvalue weighted by molar-refractivity contribution is 0.305. The minimum atomic E-state index is -4.00. The zero-order chi connectivity index (χ0) is 24.8. The summed E-state index contributed by atoms with van der Waals surface area (Å²) in [6.45, 7) is 7.48. The first-order valence-electron chi connectivity index (χ1n) is 11.2. The number of fused-ring (bicyclic) bond motifs is 1. The van der Waals surface area contributed by atoms with Crippen molar-refractivity contribution in [2.75, 3.05) is 0 Å². The summed E-state index contributed by atoms with van der Waals surface area (Å²) in [4.78, 5) is 7.78. The van der Waals surface area contributed by atoms with E-state index in [1.807, 2.05) is 30.3 Å². The molecule has 0 radical (unpaired) electrons. The first-order valence-corrected chi connectivity index (χ1v) is 13.1. The number of nitrogens with one attached hydrogen (secondary N) is 1. The van der Waals surface area contributed by atoms with Crippen LogP contribution in [-0.4, -0.2) is 21.9 Å². The van der Waals surface area contributed by atoms with Gasteiger partial charge in [-0.05, 0) is 80.1 Å². The summed E-state index contributed by atoms with van der Waals surface area (Å²) in [5, 5.41) is 0.0970. The highest BCUT2D eigenvalue weighted by Crippen LogP contribution is 2.27. The van der Waals surface area contributed by atoms with Gasteiger partial charge in [-0.1, -0.05) is 54.1 Å². The smallest absolute Gasteiger partial charge is 0.264 e. The van der Waals surface area contributed by atoms with Crippen LogP contribution < -0.4 is 9.46 Å². The number of hydrogen-bond acceptors (Lipinski definition) is 5. The van der Waals surface area contributed by atoms with Crippen molar-refractivity contribution in [1.82, 2.24) is 4.72 Å². The van der Waals surface area contributed by atoms with Crippen molar-refractivity contribution in [2.24, 2.45) is 9.98 Å². The van der Waals surface area contributed by atoms with Gasteiger partial charge in [0.05, 0.1) is 5.02 Å². The highest BCUT2D eigenvalue weighted by atomic mass is 35.5. The Labute approximate surface area is 211 Å². The van der Waals surface area contributed by atoms with Crippen LogP contribution in [0.2, 0.25) is 5.02 Å². The highest BCUT2D eigenvalue weighted by molar-refractivity contribution is 7.89. The van der Waals surface area contributed by atoms with Crippen molar-refractivity contribution in [3.8, 4) is 5.75 Å². The van der Waals surface area contributed by atoms with E-state index in [2.05, 4.69) is 40.3 Å². The molecule has 6 nitrogen and oxygen atoms in total. The molecule has 0 amide bonds. The zero-order valence-corrected chi connectivity index (χ0v) is 20.8. The molecule has 0 fully saturated rings. The van der Waals surface area contributed by atoms with Crippen molar-refractivity contribution >= 4 is 40.8 Å². The second-order valence-corrected chi connectivity index (χ2v) is 10.2. The number of halogens is 1. The monoisotopic (exact) mass is 507 g/mol. The van der Waals surface area contributed by atoms with E-state index >= 15 is 0 Å². The maximum absolute atomic E-state index is 12.8. The molecule has 1 aliphatic rings. The summed E-state index contributed by atoms with van der Waals surface area (Å²) >= 11 is 6.06. The van der Waals surface area contributed by atoms with Gasteiger partial charge >= 0.3 is 0 Å². The Kier molecular flexibility index (Phi) is 7.68. The SMILES string of the molecule is C=N/C(NS(=O)(=O)c1ccccc1Cl)=C(\N=C)c1ccc(COc2ccc3c(c2)CCCC3)cc1. The fourth-order valence-electron chi connectivity index (χ4n) is 4.03. The van der Waals surface area contributed by atoms with Crippen LogP contribution in [0.5, 0.6) is 5.75 Å². The first kappa shape index (κ1) is 24.7. The number of aliphatic imine (C=N–C) groups is 2. The lowest BCUT2D eigenvalue weighted by Gasteiger charge is -2.17. The van der Waals surface area contributed by atoms with E-state index in [-0.39, 0.29) is 21.4 Å². The molecule has 3 aromatic rings. The average molecular weight is 508 g/mol. The topological polar surface area (TPSA) is 80.1 Å². The normalized spacial score (nSPS) is 13.9. The largest absolute Gasteiger partial charge is 0.489 e. The third kappa shape index (κ3) is 5.81. The molecule has 0 unspecified atom stereocenters. The zero-order valence-electron chi connectivity index (χ0n) is 19.2. The number of aryl methyl sites for hydroxylation is 2. The van der Waals surface area contributed by atoms with Crippen molar-refractivity contribution in [2.45, 2.75) is 37.2 Å². The van der Waals surface area contributed by atoms with E-state index < -0.39 is 10.0 Å². The molecular formula is C27H26ClN3O3S. The van der Waals surface area contributed by atoms with Crippen LogP contribution in [0, 0.1) is 0 Å². The molecule has 0 saturated heterocycles. The standard InChI is InChI=1S/C27H26ClN3O3S/c1-29-26(27(30-2)31-35(32,33)25-10-6-5-9-24(25)28)21-13-11-19(12-14-21)18-34-23-16-15-20-7-3-4-8-22(20)17-23/h5-6,9-17,31H,1-4,7-8,18H2/b27-26+. The van der Waals surface area contributed by atoms with Crippen molar-refractivity contribution < 1.29 is 13.2 Å². The maximum Gasteiger partial charge on any atom is 0.264 e. The number of rotatable bonds is 9. The van der Waals surface area contributed by atoms with E-state index in [1.54, 1.807) is 12.1 Å². The van der Waals surface area contributed by atoms with Crippen LogP contribution in [0.15, 0.2) is 87.4 Å². The summed E-state index contributed by atoms with van der Waals surface area (Å²) < 4.78 is 34.1. The van der Waals surface area contributed by atoms with Gasteiger partial charge in [0.25, 0.3) is 10.0 Å². The lowest BCUT2D eigenvalue weighted by atomic mass is 9.92. The Bertz CT molecular complexity index is 1380. The molecule has 180 valence electrons. The molecule has 0 bridgehead atoms. The van der Waals surface area contributed by atoms with Crippen LogP contribution in [0.4, 0.5) is 0 Å². The quantitative estimate of drug-likeness (QED) is 0.371. The summed E-state index contributed by atoms with van der Waals surface area (Å²) in [6.07, 6.45) is 4.71. The fraction of sp³-hybridized carbons (Fsp3) is 0.185. The fourth-order valence-corrected chi connectivity index (χ4v) is 5.58. The molecule has 0 aliphatic heterocycles. The second kappa shape index (κ2) is 10.9. The van der Waals surface area contributed by atoms with Crippen LogP contribution in [0.3, 0.4) is 0 Å². The summed E-state index contributed by atoms with van der Waals surface area (Å²) in [5.41, 5.74) is 4.62. The number of benzene rings is 3. The Morgan fingerprint density at radius 3 is 2.34 bits per heavy atom. The number of sulfonamides is 1. The molecule has 8 heteroatoms. The van der Waals surface area contributed by atoms with E-state index in [0.717, 1.165) is 24.2 Å². The second-order valence-electron chi connectivity index (χ2n) is 8.17. The van der Waals surface area contributed by atoms with E-state index in [9.17, 15) is 8.42 Å². The minimum Gasteiger partial charge on any atom is -0.489 e. The number of nitrogens with zero attached hydrogens (tertiary/aromatic N) is 2. The predicted octanol–water partition coefficient (Wildman–Crippen LogP) is 5.80. The van der Waals surface area contributed by atoms with Crippen LogP contribution in [0.25, 0.3) is 5.70 Å². The molecule has 3 aromatic carbocycles. The summed E-state index contributed by atoms with van der Waals surface area (Å²) in [6, 6.07) is 19.9. The Hall–Kier alpha value is -3.42. The average Bonchev–Trinajstić information content (AvgIpc) is 2.88. The van der Waals surface area contributed by atoms with Crippen LogP contribution in [0.1, 0.15) is 35.1 Å². The molecule has 0 atom stereocenters. The molecule has 0 aromatic heterocycles. The van der Waals surface area contributed by atoms with Crippen molar-refractivity contribution in [3.05, 3.63) is 99.8 Å². The van der Waals surface area contributed by atoms with Crippen molar-refractivity contribution in [3.63, 3.8) is 0 Å². The van der Waals surface area contributed by atoms with Gasteiger partial charge in [-0.2, -0.15) is 0 Å². The van der Waals surface area contributed by atoms with Crippen LogP contribution in [-0.2, 0) is 29.5 Å².